The van der Waals surface area contributed by atoms with E-state index in [9.17, 15) is 28.2 Å². The van der Waals surface area contributed by atoms with Crippen LogP contribution in [0, 0.1) is 0 Å². The van der Waals surface area contributed by atoms with Gasteiger partial charge in [0, 0.05) is 10.8 Å². The number of aromatic hydroxyl groups is 1. The molecule has 7 heteroatoms. The van der Waals surface area contributed by atoms with Crippen molar-refractivity contribution >= 4 is 16.9 Å². The Morgan fingerprint density at radius 3 is 2.22 bits per heavy atom. The number of hydrogen-bond donors (Lipinski definition) is 2. The molecule has 0 amide bonds. The van der Waals surface area contributed by atoms with Crippen LogP contribution in [0.3, 0.4) is 0 Å². The van der Waals surface area contributed by atoms with Crippen molar-refractivity contribution in [1.29, 1.82) is 0 Å². The largest absolute Gasteiger partial charge is 0.505 e. The van der Waals surface area contributed by atoms with Crippen molar-refractivity contribution in [1.82, 2.24) is 4.98 Å². The number of carboxylic acids is 1. The van der Waals surface area contributed by atoms with Crippen molar-refractivity contribution in [2.45, 2.75) is 24.4 Å². The van der Waals surface area contributed by atoms with Gasteiger partial charge >= 0.3 is 12.1 Å². The van der Waals surface area contributed by atoms with Crippen LogP contribution in [0.4, 0.5) is 13.2 Å². The van der Waals surface area contributed by atoms with Crippen LogP contribution in [-0.4, -0.2) is 21.2 Å². The fourth-order valence-corrected chi connectivity index (χ4v) is 3.52. The smallest absolute Gasteiger partial charge is 0.416 e. The van der Waals surface area contributed by atoms with E-state index in [0.717, 1.165) is 12.1 Å². The Kier molecular flexibility index (Phi) is 3.66. The molecular weight excluding hydrogens is 359 g/mol. The van der Waals surface area contributed by atoms with Crippen LogP contribution in [-0.2, 0) is 11.6 Å². The molecule has 1 heterocycles. The van der Waals surface area contributed by atoms with Crippen molar-refractivity contribution in [2.24, 2.45) is 0 Å². The van der Waals surface area contributed by atoms with Crippen molar-refractivity contribution in [3.05, 3.63) is 70.9 Å². The number of pyridine rings is 1. The zero-order chi connectivity index (χ0) is 19.4. The Bertz CT molecular complexity index is 1050. The summed E-state index contributed by atoms with van der Waals surface area (Å²) in [6, 6.07) is 11.3. The van der Waals surface area contributed by atoms with Crippen molar-refractivity contribution in [3.8, 4) is 5.75 Å². The van der Waals surface area contributed by atoms with Gasteiger partial charge in [-0.2, -0.15) is 13.2 Å². The Morgan fingerprint density at radius 1 is 1.04 bits per heavy atom. The lowest BCUT2D eigenvalue weighted by atomic mass is 9.88. The molecule has 1 fully saturated rings. The van der Waals surface area contributed by atoms with E-state index >= 15 is 0 Å². The minimum Gasteiger partial charge on any atom is -0.505 e. The molecule has 0 radical (unpaired) electrons. The lowest BCUT2D eigenvalue weighted by Gasteiger charge is -2.19. The highest BCUT2D eigenvalue weighted by molar-refractivity contribution is 6.05. The highest BCUT2D eigenvalue weighted by Gasteiger charge is 2.50. The topological polar surface area (TPSA) is 70.4 Å². The van der Waals surface area contributed by atoms with Gasteiger partial charge in [0.25, 0.3) is 0 Å². The number of carbonyl (C=O) groups is 1. The molecule has 0 bridgehead atoms. The van der Waals surface area contributed by atoms with E-state index in [1.165, 1.54) is 12.1 Å². The van der Waals surface area contributed by atoms with Crippen LogP contribution in [0.1, 0.15) is 40.0 Å². The number of aromatic carboxylic acids is 1. The molecule has 0 aliphatic heterocycles. The van der Waals surface area contributed by atoms with Gasteiger partial charge in [0.1, 0.15) is 5.56 Å². The van der Waals surface area contributed by atoms with Gasteiger partial charge in [-0.05, 0) is 36.6 Å². The maximum atomic E-state index is 12.8. The number of rotatable bonds is 3. The van der Waals surface area contributed by atoms with Crippen molar-refractivity contribution in [2.75, 3.05) is 0 Å². The first-order valence-corrected chi connectivity index (χ1v) is 8.27. The number of hydrogen-bond acceptors (Lipinski definition) is 3. The van der Waals surface area contributed by atoms with Crippen LogP contribution in [0.25, 0.3) is 10.9 Å². The van der Waals surface area contributed by atoms with E-state index in [1.54, 1.807) is 24.3 Å². The van der Waals surface area contributed by atoms with Gasteiger partial charge in [-0.15, -0.1) is 0 Å². The van der Waals surface area contributed by atoms with Crippen LogP contribution in [0.2, 0.25) is 0 Å². The number of aromatic nitrogens is 1. The molecule has 1 aliphatic rings. The molecule has 138 valence electrons. The van der Waals surface area contributed by atoms with Gasteiger partial charge in [-0.3, -0.25) is 0 Å². The molecule has 1 saturated carbocycles. The van der Waals surface area contributed by atoms with Gasteiger partial charge < -0.3 is 10.2 Å². The lowest BCUT2D eigenvalue weighted by Crippen LogP contribution is -2.15. The number of benzene rings is 2. The van der Waals surface area contributed by atoms with Gasteiger partial charge in [0.15, 0.2) is 5.75 Å². The second kappa shape index (κ2) is 5.70. The third-order valence-electron chi connectivity index (χ3n) is 5.05. The normalized spacial score (nSPS) is 15.7. The van der Waals surface area contributed by atoms with Gasteiger partial charge in [0.2, 0.25) is 0 Å². The van der Waals surface area contributed by atoms with Crippen LogP contribution >= 0.6 is 0 Å². The minimum atomic E-state index is -4.44. The summed E-state index contributed by atoms with van der Waals surface area (Å²) >= 11 is 0. The third-order valence-corrected chi connectivity index (χ3v) is 5.05. The summed E-state index contributed by atoms with van der Waals surface area (Å²) in [4.78, 5) is 16.2. The zero-order valence-corrected chi connectivity index (χ0v) is 13.9. The minimum absolute atomic E-state index is 0.193. The molecule has 4 nitrogen and oxygen atoms in total. The number of nitrogens with zero attached hydrogens (tertiary/aromatic N) is 1. The maximum absolute atomic E-state index is 12.8. The van der Waals surface area contributed by atoms with Crippen molar-refractivity contribution < 1.29 is 28.2 Å². The Hall–Kier alpha value is -3.09. The van der Waals surface area contributed by atoms with E-state index in [-0.39, 0.29) is 11.3 Å². The van der Waals surface area contributed by atoms with Gasteiger partial charge in [-0.25, -0.2) is 9.78 Å². The standard InChI is InChI=1S/C20H14F3NO3/c21-20(22,23)12-7-5-11(6-8-12)19(9-10-19)17-16(25)15(18(26)27)13-3-1-2-4-14(13)24-17/h1-8,25H,9-10H2,(H,26,27). The molecular formula is C20H14F3NO3. The third kappa shape index (κ3) is 2.70. The average molecular weight is 373 g/mol. The van der Waals surface area contributed by atoms with E-state index in [1.807, 2.05) is 0 Å². The molecule has 1 aliphatic carbocycles. The number of carboxylic acid groups (broad SMARTS) is 1. The highest BCUT2D eigenvalue weighted by atomic mass is 19.4. The van der Waals surface area contributed by atoms with Crippen LogP contribution < -0.4 is 0 Å². The molecule has 0 saturated heterocycles. The zero-order valence-electron chi connectivity index (χ0n) is 13.9. The van der Waals surface area contributed by atoms with E-state index in [0.29, 0.717) is 29.3 Å². The first kappa shape index (κ1) is 17.3. The molecule has 0 atom stereocenters. The van der Waals surface area contributed by atoms with Crippen molar-refractivity contribution in [3.63, 3.8) is 0 Å². The quantitative estimate of drug-likeness (QED) is 0.696. The SMILES string of the molecule is O=C(O)c1c(O)c(C2(c3ccc(C(F)(F)F)cc3)CC2)nc2ccccc12. The molecule has 2 aromatic carbocycles. The van der Waals surface area contributed by atoms with Crippen LogP contribution in [0.15, 0.2) is 48.5 Å². The summed E-state index contributed by atoms with van der Waals surface area (Å²) in [6.45, 7) is 0. The number of halogens is 3. The monoisotopic (exact) mass is 373 g/mol. The predicted octanol–water partition coefficient (Wildman–Crippen LogP) is 4.74. The van der Waals surface area contributed by atoms with Crippen LogP contribution in [0.5, 0.6) is 5.75 Å². The van der Waals surface area contributed by atoms with E-state index in [2.05, 4.69) is 4.98 Å². The summed E-state index contributed by atoms with van der Waals surface area (Å²) in [5.74, 6) is -1.71. The first-order valence-electron chi connectivity index (χ1n) is 8.27. The molecule has 2 N–H and O–H groups in total. The molecule has 0 spiro atoms. The molecule has 3 aromatic rings. The Morgan fingerprint density at radius 2 is 1.67 bits per heavy atom. The molecule has 27 heavy (non-hydrogen) atoms. The Balaban J connectivity index is 1.89. The summed E-state index contributed by atoms with van der Waals surface area (Å²) in [5, 5.41) is 20.5. The fourth-order valence-electron chi connectivity index (χ4n) is 3.52. The second-order valence-corrected chi connectivity index (χ2v) is 6.66. The van der Waals surface area contributed by atoms with Gasteiger partial charge in [0.05, 0.1) is 16.8 Å². The predicted molar refractivity (Wildman–Crippen MR) is 91.8 cm³/mol. The van der Waals surface area contributed by atoms with E-state index in [4.69, 9.17) is 0 Å². The average Bonchev–Trinajstić information content (AvgIpc) is 3.42. The summed E-state index contributed by atoms with van der Waals surface area (Å²) in [7, 11) is 0. The molecule has 4 rings (SSSR count). The second-order valence-electron chi connectivity index (χ2n) is 6.66. The first-order chi connectivity index (χ1) is 12.7. The summed E-state index contributed by atoms with van der Waals surface area (Å²) in [5.41, 5.74) is -0.593. The summed E-state index contributed by atoms with van der Waals surface area (Å²) < 4.78 is 38.5. The molecule has 1 aromatic heterocycles. The number of para-hydroxylation sites is 1. The maximum Gasteiger partial charge on any atom is 0.416 e. The number of alkyl halides is 3. The Labute approximate surface area is 151 Å². The summed E-state index contributed by atoms with van der Waals surface area (Å²) in [6.07, 6.45) is -3.30. The lowest BCUT2D eigenvalue weighted by molar-refractivity contribution is -0.137. The van der Waals surface area contributed by atoms with E-state index < -0.39 is 28.9 Å². The molecule has 0 unspecified atom stereocenters. The number of fused-ring (bicyclic) bond motifs is 1. The fraction of sp³-hybridized carbons (Fsp3) is 0.200. The highest BCUT2D eigenvalue weighted by Crippen LogP contribution is 2.56. The van der Waals surface area contributed by atoms with Gasteiger partial charge in [-0.1, -0.05) is 30.3 Å².